The number of aliphatic hydroxyl groups is 1. The first-order chi connectivity index (χ1) is 8.65. The molecule has 0 heterocycles. The third-order valence-corrected chi connectivity index (χ3v) is 3.51. The summed E-state index contributed by atoms with van der Waals surface area (Å²) in [5.41, 5.74) is 0. The number of carbonyl (C=O) groups is 2. The molecule has 1 aliphatic rings. The van der Waals surface area contributed by atoms with Crippen molar-refractivity contribution < 1.29 is 19.8 Å². The highest BCUT2D eigenvalue weighted by Gasteiger charge is 2.24. The van der Waals surface area contributed by atoms with Gasteiger partial charge >= 0.3 is 5.97 Å². The zero-order chi connectivity index (χ0) is 13.4. The highest BCUT2D eigenvalue weighted by Crippen LogP contribution is 2.22. The Balaban J connectivity index is 2.47. The van der Waals surface area contributed by atoms with Crippen molar-refractivity contribution in [2.24, 2.45) is 5.92 Å². The Kier molecular flexibility index (Phi) is 6.72. The molecule has 0 radical (unpaired) electrons. The maximum Gasteiger partial charge on any atom is 0.326 e. The number of carbonyl (C=O) groups excluding carboxylic acids is 1. The monoisotopic (exact) mass is 257 g/mol. The number of carboxylic acids is 1. The minimum atomic E-state index is -1.08. The van der Waals surface area contributed by atoms with Crippen molar-refractivity contribution in [3.05, 3.63) is 0 Å². The van der Waals surface area contributed by atoms with E-state index in [2.05, 4.69) is 5.32 Å². The van der Waals surface area contributed by atoms with Crippen LogP contribution in [0.4, 0.5) is 0 Å². The Morgan fingerprint density at radius 2 is 1.67 bits per heavy atom. The molecule has 1 atom stereocenters. The van der Waals surface area contributed by atoms with Crippen LogP contribution in [0.1, 0.15) is 51.4 Å². The van der Waals surface area contributed by atoms with Crippen molar-refractivity contribution in [1.29, 1.82) is 0 Å². The normalized spacial score (nSPS) is 19.6. The molecule has 0 unspecified atom stereocenters. The van der Waals surface area contributed by atoms with Crippen molar-refractivity contribution >= 4 is 11.9 Å². The lowest BCUT2D eigenvalue weighted by Crippen LogP contribution is -2.44. The third-order valence-electron chi connectivity index (χ3n) is 3.51. The predicted octanol–water partition coefficient (Wildman–Crippen LogP) is 1.30. The summed E-state index contributed by atoms with van der Waals surface area (Å²) in [6.07, 6.45) is 7.37. The first-order valence-corrected chi connectivity index (χ1v) is 6.79. The average Bonchev–Trinajstić information content (AvgIpc) is 2.27. The molecule has 1 amide bonds. The summed E-state index contributed by atoms with van der Waals surface area (Å²) in [4.78, 5) is 22.9. The molecule has 5 heteroatoms. The minimum absolute atomic E-state index is 0.0633. The molecule has 0 saturated heterocycles. The molecule has 1 rings (SSSR count). The molecule has 0 aromatic carbocycles. The Bertz CT molecular complexity index is 272. The molecule has 3 N–H and O–H groups in total. The second-order valence-corrected chi connectivity index (χ2v) is 4.95. The lowest BCUT2D eigenvalue weighted by Gasteiger charge is -2.21. The first-order valence-electron chi connectivity index (χ1n) is 6.79. The van der Waals surface area contributed by atoms with Crippen molar-refractivity contribution in [2.45, 2.75) is 57.4 Å². The second kappa shape index (κ2) is 8.08. The fourth-order valence-electron chi connectivity index (χ4n) is 2.39. The largest absolute Gasteiger partial charge is 0.480 e. The van der Waals surface area contributed by atoms with E-state index < -0.39 is 12.0 Å². The number of nitrogens with one attached hydrogen (secondary N) is 1. The number of aliphatic carboxylic acids is 1. The van der Waals surface area contributed by atoms with Gasteiger partial charge in [0.2, 0.25) is 5.91 Å². The molecule has 0 aromatic heterocycles. The molecule has 1 saturated carbocycles. The highest BCUT2D eigenvalue weighted by atomic mass is 16.4. The summed E-state index contributed by atoms with van der Waals surface area (Å²) in [6.45, 7) is -0.234. The standard InChI is InChI=1S/C13H23NO4/c15-9-8-11(13(17)18)14-12(16)10-6-4-2-1-3-5-7-10/h10-11,15H,1-9H2,(H,14,16)(H,17,18)/t11-/m0/s1. The van der Waals surface area contributed by atoms with E-state index >= 15 is 0 Å². The van der Waals surface area contributed by atoms with Crippen LogP contribution in [-0.4, -0.2) is 34.7 Å². The second-order valence-electron chi connectivity index (χ2n) is 4.95. The Morgan fingerprint density at radius 1 is 1.11 bits per heavy atom. The maximum absolute atomic E-state index is 12.0. The van der Waals surface area contributed by atoms with Gasteiger partial charge in [-0.25, -0.2) is 4.79 Å². The average molecular weight is 257 g/mol. The SMILES string of the molecule is O=C(N[C@@H](CCO)C(=O)O)C1CCCCCCC1. The van der Waals surface area contributed by atoms with E-state index in [-0.39, 0.29) is 24.9 Å². The van der Waals surface area contributed by atoms with Gasteiger partial charge in [-0.1, -0.05) is 32.1 Å². The number of amides is 1. The lowest BCUT2D eigenvalue weighted by molar-refractivity contribution is -0.143. The van der Waals surface area contributed by atoms with Crippen LogP contribution in [0.25, 0.3) is 0 Å². The van der Waals surface area contributed by atoms with Gasteiger partial charge in [0, 0.05) is 18.9 Å². The zero-order valence-electron chi connectivity index (χ0n) is 10.7. The number of aliphatic hydroxyl groups excluding tert-OH is 1. The quantitative estimate of drug-likeness (QED) is 0.693. The topological polar surface area (TPSA) is 86.6 Å². The fraction of sp³-hybridized carbons (Fsp3) is 0.846. The van der Waals surface area contributed by atoms with Crippen molar-refractivity contribution in [1.82, 2.24) is 5.32 Å². The molecule has 18 heavy (non-hydrogen) atoms. The molecular formula is C13H23NO4. The van der Waals surface area contributed by atoms with E-state index in [1.54, 1.807) is 0 Å². The van der Waals surface area contributed by atoms with Crippen molar-refractivity contribution in [3.8, 4) is 0 Å². The third kappa shape index (κ3) is 5.04. The van der Waals surface area contributed by atoms with Gasteiger partial charge in [-0.2, -0.15) is 0 Å². The van der Waals surface area contributed by atoms with E-state index in [1.807, 2.05) is 0 Å². The van der Waals surface area contributed by atoms with Crippen LogP contribution in [-0.2, 0) is 9.59 Å². The van der Waals surface area contributed by atoms with Gasteiger partial charge in [0.15, 0.2) is 0 Å². The Labute approximate surface area is 108 Å². The van der Waals surface area contributed by atoms with Gasteiger partial charge in [-0.05, 0) is 12.8 Å². The molecule has 5 nitrogen and oxygen atoms in total. The minimum Gasteiger partial charge on any atom is -0.480 e. The van der Waals surface area contributed by atoms with Gasteiger partial charge in [0.25, 0.3) is 0 Å². The number of rotatable bonds is 5. The Hall–Kier alpha value is -1.10. The molecule has 0 spiro atoms. The van der Waals surface area contributed by atoms with Crippen LogP contribution in [0.3, 0.4) is 0 Å². The van der Waals surface area contributed by atoms with Gasteiger partial charge < -0.3 is 15.5 Å². The van der Waals surface area contributed by atoms with Gasteiger partial charge in [0.05, 0.1) is 0 Å². The maximum atomic E-state index is 12.0. The smallest absolute Gasteiger partial charge is 0.326 e. The van der Waals surface area contributed by atoms with Crippen LogP contribution < -0.4 is 5.32 Å². The highest BCUT2D eigenvalue weighted by molar-refractivity contribution is 5.84. The van der Waals surface area contributed by atoms with E-state index in [1.165, 1.54) is 6.42 Å². The molecule has 0 aliphatic heterocycles. The van der Waals surface area contributed by atoms with E-state index in [9.17, 15) is 9.59 Å². The number of hydrogen-bond acceptors (Lipinski definition) is 3. The summed E-state index contributed by atoms with van der Waals surface area (Å²) in [6, 6.07) is -0.965. The predicted molar refractivity (Wildman–Crippen MR) is 67.1 cm³/mol. The van der Waals surface area contributed by atoms with E-state index in [4.69, 9.17) is 10.2 Å². The van der Waals surface area contributed by atoms with Crippen molar-refractivity contribution in [2.75, 3.05) is 6.61 Å². The van der Waals surface area contributed by atoms with Crippen LogP contribution in [0.2, 0.25) is 0 Å². The number of hydrogen-bond donors (Lipinski definition) is 3. The van der Waals surface area contributed by atoms with Crippen LogP contribution in [0, 0.1) is 5.92 Å². The van der Waals surface area contributed by atoms with E-state index in [0.717, 1.165) is 38.5 Å². The van der Waals surface area contributed by atoms with Crippen LogP contribution >= 0.6 is 0 Å². The molecular weight excluding hydrogens is 234 g/mol. The molecule has 1 aliphatic carbocycles. The molecule has 0 aromatic rings. The molecule has 0 bridgehead atoms. The zero-order valence-corrected chi connectivity index (χ0v) is 10.7. The van der Waals surface area contributed by atoms with Crippen LogP contribution in [0.5, 0.6) is 0 Å². The first kappa shape index (κ1) is 15.0. The summed E-state index contributed by atoms with van der Waals surface area (Å²) in [5, 5.41) is 20.2. The van der Waals surface area contributed by atoms with Gasteiger partial charge in [0.1, 0.15) is 6.04 Å². The van der Waals surface area contributed by atoms with Gasteiger partial charge in [-0.15, -0.1) is 0 Å². The molecule has 104 valence electrons. The summed E-state index contributed by atoms with van der Waals surface area (Å²) in [7, 11) is 0. The van der Waals surface area contributed by atoms with Gasteiger partial charge in [-0.3, -0.25) is 4.79 Å². The Morgan fingerprint density at radius 3 is 2.17 bits per heavy atom. The number of carboxylic acid groups (broad SMARTS) is 1. The fourth-order valence-corrected chi connectivity index (χ4v) is 2.39. The van der Waals surface area contributed by atoms with Crippen LogP contribution in [0.15, 0.2) is 0 Å². The van der Waals surface area contributed by atoms with E-state index in [0.29, 0.717) is 0 Å². The lowest BCUT2D eigenvalue weighted by atomic mass is 9.90. The summed E-state index contributed by atoms with van der Waals surface area (Å²) in [5.74, 6) is -1.31. The summed E-state index contributed by atoms with van der Waals surface area (Å²) >= 11 is 0. The molecule has 1 fully saturated rings. The van der Waals surface area contributed by atoms with Crippen molar-refractivity contribution in [3.63, 3.8) is 0 Å². The summed E-state index contributed by atoms with van der Waals surface area (Å²) < 4.78 is 0.